The summed E-state index contributed by atoms with van der Waals surface area (Å²) < 4.78 is 10.1. The Kier molecular flexibility index (Phi) is 18.6. The Morgan fingerprint density at radius 3 is 1.90 bits per heavy atom. The molecule has 0 amide bonds. The third kappa shape index (κ3) is 18.2. The number of carbonyl (C=O) groups is 2. The summed E-state index contributed by atoms with van der Waals surface area (Å²) in [6.07, 6.45) is 20.1. The molecule has 0 radical (unpaired) electrons. The second-order valence-corrected chi connectivity index (χ2v) is 8.00. The molecule has 1 aliphatic carbocycles. The van der Waals surface area contributed by atoms with E-state index in [2.05, 4.69) is 20.1 Å². The molecule has 0 aromatic rings. The van der Waals surface area contributed by atoms with Gasteiger partial charge in [0.2, 0.25) is 0 Å². The van der Waals surface area contributed by atoms with E-state index in [1.807, 2.05) is 0 Å². The topological polar surface area (TPSA) is 52.6 Å². The summed E-state index contributed by atoms with van der Waals surface area (Å²) in [7, 11) is 0. The molecule has 0 aromatic carbocycles. The second-order valence-electron chi connectivity index (χ2n) is 8.00. The number of unbranched alkanes of at least 4 members (excludes halogenated alkanes) is 9. The van der Waals surface area contributed by atoms with E-state index in [0.29, 0.717) is 12.2 Å². The van der Waals surface area contributed by atoms with Crippen LogP contribution in [0.4, 0.5) is 0 Å². The van der Waals surface area contributed by atoms with Crippen LogP contribution in [-0.4, -0.2) is 24.6 Å². The predicted molar refractivity (Wildman–Crippen MR) is 121 cm³/mol. The Morgan fingerprint density at radius 1 is 0.897 bits per heavy atom. The van der Waals surface area contributed by atoms with E-state index in [0.717, 1.165) is 19.3 Å². The van der Waals surface area contributed by atoms with Crippen LogP contribution in [0.1, 0.15) is 110 Å². The van der Waals surface area contributed by atoms with Crippen molar-refractivity contribution in [1.82, 2.24) is 0 Å². The third-order valence-electron chi connectivity index (χ3n) is 5.08. The van der Waals surface area contributed by atoms with E-state index < -0.39 is 0 Å². The number of rotatable bonds is 14. The Morgan fingerprint density at radius 2 is 1.41 bits per heavy atom. The molecule has 1 rings (SSSR count). The van der Waals surface area contributed by atoms with Gasteiger partial charge < -0.3 is 9.47 Å². The molecule has 29 heavy (non-hydrogen) atoms. The van der Waals surface area contributed by atoms with Gasteiger partial charge in [-0.05, 0) is 39.0 Å². The molecule has 0 atom stereocenters. The quantitative estimate of drug-likeness (QED) is 0.175. The van der Waals surface area contributed by atoms with Gasteiger partial charge in [0.1, 0.15) is 6.10 Å². The van der Waals surface area contributed by atoms with Crippen LogP contribution in [-0.2, 0) is 19.1 Å². The minimum Gasteiger partial charge on any atom is -0.462 e. The SMILES string of the molecule is C=C(C)C(=O)OCCCCCCCCCCCC.C=CC(=O)OC1CCCCC1. The average molecular weight is 409 g/mol. The lowest BCUT2D eigenvalue weighted by Crippen LogP contribution is -2.19. The van der Waals surface area contributed by atoms with Gasteiger partial charge >= 0.3 is 11.9 Å². The molecule has 1 saturated carbocycles. The van der Waals surface area contributed by atoms with Gasteiger partial charge in [-0.2, -0.15) is 0 Å². The largest absolute Gasteiger partial charge is 0.462 e. The van der Waals surface area contributed by atoms with Crippen molar-refractivity contribution in [2.45, 2.75) is 116 Å². The van der Waals surface area contributed by atoms with Crippen molar-refractivity contribution in [2.75, 3.05) is 6.61 Å². The Hall–Kier alpha value is -1.58. The Bertz CT molecular complexity index is 450. The number of carbonyl (C=O) groups excluding carboxylic acids is 2. The zero-order valence-corrected chi connectivity index (χ0v) is 19.0. The first-order chi connectivity index (χ1) is 14.0. The molecule has 4 heteroatoms. The molecular weight excluding hydrogens is 364 g/mol. The van der Waals surface area contributed by atoms with E-state index in [1.165, 1.54) is 83.1 Å². The minimum atomic E-state index is -0.281. The molecule has 0 heterocycles. The van der Waals surface area contributed by atoms with Crippen molar-refractivity contribution in [3.05, 3.63) is 24.8 Å². The number of esters is 2. The van der Waals surface area contributed by atoms with Crippen LogP contribution in [0.5, 0.6) is 0 Å². The summed E-state index contributed by atoms with van der Waals surface area (Å²) in [6, 6.07) is 0. The van der Waals surface area contributed by atoms with Gasteiger partial charge in [-0.1, -0.05) is 84.3 Å². The molecule has 0 saturated heterocycles. The van der Waals surface area contributed by atoms with Crippen LogP contribution in [0.25, 0.3) is 0 Å². The highest BCUT2D eigenvalue weighted by Crippen LogP contribution is 2.20. The molecule has 0 unspecified atom stereocenters. The fraction of sp³-hybridized carbons (Fsp3) is 0.760. The first kappa shape index (κ1) is 27.4. The molecule has 168 valence electrons. The van der Waals surface area contributed by atoms with Crippen LogP contribution < -0.4 is 0 Å². The molecule has 0 N–H and O–H groups in total. The monoisotopic (exact) mass is 408 g/mol. The molecule has 0 spiro atoms. The third-order valence-corrected chi connectivity index (χ3v) is 5.08. The van der Waals surface area contributed by atoms with Crippen LogP contribution in [0.15, 0.2) is 24.8 Å². The van der Waals surface area contributed by atoms with Gasteiger partial charge in [0, 0.05) is 11.6 Å². The predicted octanol–water partition coefficient (Wildman–Crippen LogP) is 7.07. The summed E-state index contributed by atoms with van der Waals surface area (Å²) in [6.45, 7) is 11.4. The van der Waals surface area contributed by atoms with E-state index in [-0.39, 0.29) is 18.0 Å². The second kappa shape index (κ2) is 19.7. The van der Waals surface area contributed by atoms with Gasteiger partial charge in [-0.3, -0.25) is 0 Å². The summed E-state index contributed by atoms with van der Waals surface area (Å²) in [4.78, 5) is 21.8. The summed E-state index contributed by atoms with van der Waals surface area (Å²) in [5.74, 6) is -0.539. The summed E-state index contributed by atoms with van der Waals surface area (Å²) in [5.41, 5.74) is 0.488. The van der Waals surface area contributed by atoms with Gasteiger partial charge in [0.15, 0.2) is 0 Å². The minimum absolute atomic E-state index is 0.161. The first-order valence-electron chi connectivity index (χ1n) is 11.7. The van der Waals surface area contributed by atoms with Gasteiger partial charge in [-0.15, -0.1) is 0 Å². The molecular formula is C25H44O4. The van der Waals surface area contributed by atoms with E-state index >= 15 is 0 Å². The highest BCUT2D eigenvalue weighted by Gasteiger charge is 2.15. The van der Waals surface area contributed by atoms with Gasteiger partial charge in [-0.25, -0.2) is 9.59 Å². The fourth-order valence-electron chi connectivity index (χ4n) is 3.27. The van der Waals surface area contributed by atoms with Crippen LogP contribution in [0.3, 0.4) is 0 Å². The van der Waals surface area contributed by atoms with Crippen molar-refractivity contribution in [2.24, 2.45) is 0 Å². The van der Waals surface area contributed by atoms with Gasteiger partial charge in [0.05, 0.1) is 6.61 Å². The average Bonchev–Trinajstić information content (AvgIpc) is 2.72. The molecule has 4 nitrogen and oxygen atoms in total. The normalized spacial score (nSPS) is 13.7. The van der Waals surface area contributed by atoms with Crippen LogP contribution in [0, 0.1) is 0 Å². The Balaban J connectivity index is 0.000000604. The number of ether oxygens (including phenoxy) is 2. The maximum Gasteiger partial charge on any atom is 0.333 e. The number of hydrogen-bond acceptors (Lipinski definition) is 4. The highest BCUT2D eigenvalue weighted by molar-refractivity contribution is 5.86. The maximum absolute atomic E-state index is 11.1. The first-order valence-corrected chi connectivity index (χ1v) is 11.7. The van der Waals surface area contributed by atoms with Crippen molar-refractivity contribution < 1.29 is 19.1 Å². The smallest absolute Gasteiger partial charge is 0.333 e. The van der Waals surface area contributed by atoms with Crippen molar-refractivity contribution in [3.63, 3.8) is 0 Å². The fourth-order valence-corrected chi connectivity index (χ4v) is 3.27. The van der Waals surface area contributed by atoms with Crippen LogP contribution in [0.2, 0.25) is 0 Å². The van der Waals surface area contributed by atoms with Gasteiger partial charge in [0.25, 0.3) is 0 Å². The van der Waals surface area contributed by atoms with E-state index in [9.17, 15) is 9.59 Å². The molecule has 0 aliphatic heterocycles. The molecule has 1 aliphatic rings. The lowest BCUT2D eigenvalue weighted by molar-refractivity contribution is -0.144. The molecule has 0 bridgehead atoms. The zero-order chi connectivity index (χ0) is 21.7. The Labute approximate surface area is 179 Å². The van der Waals surface area contributed by atoms with Crippen molar-refractivity contribution >= 4 is 11.9 Å². The highest BCUT2D eigenvalue weighted by atomic mass is 16.5. The zero-order valence-electron chi connectivity index (χ0n) is 19.0. The van der Waals surface area contributed by atoms with E-state index in [1.54, 1.807) is 6.92 Å². The van der Waals surface area contributed by atoms with Crippen LogP contribution >= 0.6 is 0 Å². The van der Waals surface area contributed by atoms with E-state index in [4.69, 9.17) is 9.47 Å². The lowest BCUT2D eigenvalue weighted by atomic mass is 9.98. The summed E-state index contributed by atoms with van der Waals surface area (Å²) >= 11 is 0. The van der Waals surface area contributed by atoms with Crippen molar-refractivity contribution in [3.8, 4) is 0 Å². The standard InChI is InChI=1S/C16H30O2.C9H14O2/c1-4-5-6-7-8-9-10-11-12-13-14-18-16(17)15(2)3;1-2-9(10)11-8-6-4-3-5-7-8/h2,4-14H2,1,3H3;2,8H,1,3-7H2. The molecule has 1 fully saturated rings. The lowest BCUT2D eigenvalue weighted by Gasteiger charge is -2.20. The van der Waals surface area contributed by atoms with Crippen molar-refractivity contribution in [1.29, 1.82) is 0 Å². The number of hydrogen-bond donors (Lipinski definition) is 0. The molecule has 0 aromatic heterocycles. The summed E-state index contributed by atoms with van der Waals surface area (Å²) in [5, 5.41) is 0. The maximum atomic E-state index is 11.1.